The Labute approximate surface area is 288 Å². The monoisotopic (exact) mass is 660 g/mol. The highest BCUT2D eigenvalue weighted by Gasteiger charge is 2.39. The first-order valence-electron chi connectivity index (χ1n) is 20.0. The van der Waals surface area contributed by atoms with E-state index in [0.717, 1.165) is 57.8 Å². The Hall–Kier alpha value is -1.86. The van der Waals surface area contributed by atoms with E-state index >= 15 is 0 Å². The molecule has 0 N–H and O–H groups in total. The lowest BCUT2D eigenvalue weighted by Crippen LogP contribution is -2.22. The Kier molecular flexibility index (Phi) is 22.9. The second kappa shape index (κ2) is 26.1. The summed E-state index contributed by atoms with van der Waals surface area (Å²) in [6.45, 7) is 8.35. The average molecular weight is 660 g/mol. The van der Waals surface area contributed by atoms with Crippen molar-refractivity contribution in [2.45, 2.75) is 224 Å². The van der Waals surface area contributed by atoms with Gasteiger partial charge in [0.15, 0.2) is 11.3 Å². The van der Waals surface area contributed by atoms with Crippen LogP contribution in [-0.4, -0.2) is 36.0 Å². The molecule has 0 aromatic carbocycles. The summed E-state index contributed by atoms with van der Waals surface area (Å²) in [6, 6.07) is 0. The molecule has 0 aromatic heterocycles. The third kappa shape index (κ3) is 22.4. The van der Waals surface area contributed by atoms with Crippen molar-refractivity contribution in [1.82, 2.24) is 0 Å². The van der Waals surface area contributed by atoms with E-state index in [0.29, 0.717) is 12.8 Å². The highest BCUT2D eigenvalue weighted by molar-refractivity contribution is 5.70. The van der Waals surface area contributed by atoms with Crippen LogP contribution in [0, 0.1) is 6.92 Å². The lowest BCUT2D eigenvalue weighted by Gasteiger charge is -2.14. The van der Waals surface area contributed by atoms with Crippen LogP contribution in [-0.2, 0) is 19.1 Å². The van der Waals surface area contributed by atoms with Crippen LogP contribution < -0.4 is 0 Å². The standard InChI is InChI=1S/C39H71N4O4/c1-4-6-8-9-10-11-12-13-14-15-16-17-18-20-23-28-36(44)46-34-35(3)47-37(45)29-24-27-33-39(42-43-39)32-26-22-19-21-25-31-38(40-41-38)30-7-5-2/h35H,3-34H2,1-2H3. The van der Waals surface area contributed by atoms with E-state index in [1.807, 2.05) is 0 Å². The summed E-state index contributed by atoms with van der Waals surface area (Å²) >= 11 is 0. The molecule has 2 rings (SSSR count). The molecule has 8 heteroatoms. The molecule has 2 aliphatic heterocycles. The lowest BCUT2D eigenvalue weighted by atomic mass is 9.96. The van der Waals surface area contributed by atoms with Crippen molar-refractivity contribution >= 4 is 11.9 Å². The van der Waals surface area contributed by atoms with Gasteiger partial charge in [0.1, 0.15) is 12.7 Å². The summed E-state index contributed by atoms with van der Waals surface area (Å²) in [7, 11) is 0. The van der Waals surface area contributed by atoms with Gasteiger partial charge in [-0.1, -0.05) is 129 Å². The van der Waals surface area contributed by atoms with Crippen molar-refractivity contribution in [3.63, 3.8) is 0 Å². The van der Waals surface area contributed by atoms with Crippen LogP contribution in [0.25, 0.3) is 0 Å². The number of nitrogens with zero attached hydrogens (tertiary/aromatic N) is 4. The highest BCUT2D eigenvalue weighted by atomic mass is 16.6. The first kappa shape index (κ1) is 41.3. The van der Waals surface area contributed by atoms with Crippen LogP contribution in [0.5, 0.6) is 0 Å². The molecule has 271 valence electrons. The molecule has 0 saturated heterocycles. The zero-order chi connectivity index (χ0) is 33.9. The SMILES string of the molecule is [CH2]C(COC(=O)CCCCCCCCCCCCCCCCC)OC(=O)CCCCC1(CCCCCCCC2(CCCC)N=N2)N=N1. The molecule has 0 fully saturated rings. The van der Waals surface area contributed by atoms with Crippen molar-refractivity contribution in [3.05, 3.63) is 6.92 Å². The second-order valence-corrected chi connectivity index (χ2v) is 14.4. The highest BCUT2D eigenvalue weighted by Crippen LogP contribution is 2.40. The van der Waals surface area contributed by atoms with Gasteiger partial charge in [-0.2, -0.15) is 20.5 Å². The number of ether oxygens (including phenoxy) is 2. The Morgan fingerprint density at radius 1 is 0.489 bits per heavy atom. The molecule has 0 aromatic rings. The zero-order valence-corrected chi connectivity index (χ0v) is 30.6. The number of esters is 2. The van der Waals surface area contributed by atoms with Gasteiger partial charge in [-0.15, -0.1) is 0 Å². The maximum Gasteiger partial charge on any atom is 0.306 e. The Balaban J connectivity index is 1.32. The van der Waals surface area contributed by atoms with E-state index in [2.05, 4.69) is 41.2 Å². The predicted molar refractivity (Wildman–Crippen MR) is 191 cm³/mol. The van der Waals surface area contributed by atoms with Crippen LogP contribution in [0.1, 0.15) is 206 Å². The van der Waals surface area contributed by atoms with Crippen LogP contribution in [0.4, 0.5) is 0 Å². The summed E-state index contributed by atoms with van der Waals surface area (Å²) in [5.74, 6) is -0.516. The Morgan fingerprint density at radius 3 is 1.28 bits per heavy atom. The van der Waals surface area contributed by atoms with E-state index < -0.39 is 6.10 Å². The first-order chi connectivity index (χ1) is 22.9. The molecule has 8 nitrogen and oxygen atoms in total. The van der Waals surface area contributed by atoms with Gasteiger partial charge in [-0.05, 0) is 71.1 Å². The van der Waals surface area contributed by atoms with E-state index in [-0.39, 0.29) is 29.9 Å². The number of carbonyl (C=O) groups excluding carboxylic acids is 2. The fourth-order valence-corrected chi connectivity index (χ4v) is 6.45. The topological polar surface area (TPSA) is 102 Å². The van der Waals surface area contributed by atoms with Gasteiger partial charge in [0.2, 0.25) is 0 Å². The molecule has 1 unspecified atom stereocenters. The van der Waals surface area contributed by atoms with Gasteiger partial charge in [0, 0.05) is 12.8 Å². The molecule has 0 saturated carbocycles. The fraction of sp³-hybridized carbons (Fsp3) is 0.923. The molecule has 0 amide bonds. The van der Waals surface area contributed by atoms with Crippen LogP contribution in [0.3, 0.4) is 0 Å². The number of unbranched alkanes of at least 4 members (excludes halogenated alkanes) is 20. The third-order valence-electron chi connectivity index (χ3n) is 9.77. The molecule has 1 radical (unpaired) electrons. The smallest absolute Gasteiger partial charge is 0.306 e. The number of hydrogen-bond donors (Lipinski definition) is 0. The van der Waals surface area contributed by atoms with E-state index in [1.54, 1.807) is 0 Å². The number of carbonyl (C=O) groups is 2. The van der Waals surface area contributed by atoms with E-state index in [4.69, 9.17) is 9.47 Å². The maximum atomic E-state index is 12.2. The van der Waals surface area contributed by atoms with Crippen molar-refractivity contribution < 1.29 is 19.1 Å². The second-order valence-electron chi connectivity index (χ2n) is 14.4. The number of rotatable bonds is 35. The van der Waals surface area contributed by atoms with Gasteiger partial charge in [0.05, 0.1) is 0 Å². The molecule has 1 atom stereocenters. The summed E-state index contributed by atoms with van der Waals surface area (Å²) in [5, 5.41) is 17.3. The summed E-state index contributed by atoms with van der Waals surface area (Å²) in [5.41, 5.74) is -0.208. The van der Waals surface area contributed by atoms with Crippen LogP contribution >= 0.6 is 0 Å². The van der Waals surface area contributed by atoms with Crippen molar-refractivity contribution in [2.75, 3.05) is 6.61 Å². The molecule has 0 bridgehead atoms. The van der Waals surface area contributed by atoms with Gasteiger partial charge >= 0.3 is 11.9 Å². The quantitative estimate of drug-likeness (QED) is 0.0499. The number of hydrogen-bond acceptors (Lipinski definition) is 8. The predicted octanol–water partition coefficient (Wildman–Crippen LogP) is 12.3. The minimum absolute atomic E-state index is 0.00930. The van der Waals surface area contributed by atoms with Crippen molar-refractivity contribution in [1.29, 1.82) is 0 Å². The molecule has 2 heterocycles. The first-order valence-corrected chi connectivity index (χ1v) is 20.0. The van der Waals surface area contributed by atoms with Gasteiger partial charge in [0.25, 0.3) is 0 Å². The van der Waals surface area contributed by atoms with Crippen LogP contribution in [0.15, 0.2) is 20.5 Å². The van der Waals surface area contributed by atoms with Crippen molar-refractivity contribution in [3.8, 4) is 0 Å². The average Bonchev–Trinajstić information content (AvgIpc) is 4.00. The molecular weight excluding hydrogens is 588 g/mol. The van der Waals surface area contributed by atoms with Crippen LogP contribution in [0.2, 0.25) is 0 Å². The molecular formula is C39H71N4O4. The minimum Gasteiger partial charge on any atom is -0.462 e. The van der Waals surface area contributed by atoms with Crippen molar-refractivity contribution in [2.24, 2.45) is 20.5 Å². The molecule has 47 heavy (non-hydrogen) atoms. The summed E-state index contributed by atoms with van der Waals surface area (Å²) < 4.78 is 10.6. The normalized spacial score (nSPS) is 15.9. The van der Waals surface area contributed by atoms with Gasteiger partial charge < -0.3 is 9.47 Å². The fourth-order valence-electron chi connectivity index (χ4n) is 6.45. The van der Waals surface area contributed by atoms with Gasteiger partial charge in [-0.25, -0.2) is 0 Å². The molecule has 0 spiro atoms. The lowest BCUT2D eigenvalue weighted by molar-refractivity contribution is -0.156. The van der Waals surface area contributed by atoms with E-state index in [1.165, 1.54) is 122 Å². The minimum atomic E-state index is -0.665. The van der Waals surface area contributed by atoms with Gasteiger partial charge in [-0.3, -0.25) is 9.59 Å². The third-order valence-corrected chi connectivity index (χ3v) is 9.77. The summed E-state index contributed by atoms with van der Waals surface area (Å²) in [6.07, 6.45) is 33.8. The Bertz CT molecular complexity index is 865. The molecule has 0 aliphatic carbocycles. The van der Waals surface area contributed by atoms with E-state index in [9.17, 15) is 9.59 Å². The maximum absolute atomic E-state index is 12.2. The molecule has 2 aliphatic rings. The zero-order valence-electron chi connectivity index (χ0n) is 30.6. The Morgan fingerprint density at radius 2 is 0.830 bits per heavy atom. The largest absolute Gasteiger partial charge is 0.462 e. The summed E-state index contributed by atoms with van der Waals surface area (Å²) in [4.78, 5) is 24.3.